The predicted octanol–water partition coefficient (Wildman–Crippen LogP) is 4.35. The van der Waals surface area contributed by atoms with Gasteiger partial charge in [0.25, 0.3) is 0 Å². The Kier molecular flexibility index (Phi) is 4.74. The van der Waals surface area contributed by atoms with Crippen LogP contribution >= 0.6 is 0 Å². The molecule has 152 valence electrons. The molecule has 0 bridgehead atoms. The fraction of sp³-hybridized carbons (Fsp3) is 0.273. The maximum atomic E-state index is 13.1. The number of nitrogens with zero attached hydrogens (tertiary/aromatic N) is 4. The Labute approximate surface area is 173 Å². The normalized spacial score (nSPS) is 15.7. The van der Waals surface area contributed by atoms with Crippen molar-refractivity contribution < 1.29 is 8.91 Å². The van der Waals surface area contributed by atoms with Gasteiger partial charge in [-0.2, -0.15) is 4.98 Å². The van der Waals surface area contributed by atoms with E-state index in [4.69, 9.17) is 4.52 Å². The number of nitrogens with one attached hydrogen (secondary N) is 2. The average Bonchev–Trinajstić information content (AvgIpc) is 3.29. The fourth-order valence-electron chi connectivity index (χ4n) is 3.38. The highest BCUT2D eigenvalue weighted by Gasteiger charge is 2.27. The number of halogens is 1. The monoisotopic (exact) mass is 404 g/mol. The molecule has 1 aliphatic heterocycles. The number of aromatic nitrogens is 3. The Morgan fingerprint density at radius 2 is 1.97 bits per heavy atom. The molecule has 5 rings (SSSR count). The maximum absolute atomic E-state index is 13.1. The topological polar surface area (TPSA) is 88.2 Å². The van der Waals surface area contributed by atoms with Gasteiger partial charge in [-0.05, 0) is 61.6 Å². The van der Waals surface area contributed by atoms with E-state index in [0.29, 0.717) is 29.8 Å². The van der Waals surface area contributed by atoms with Gasteiger partial charge >= 0.3 is 0 Å². The van der Waals surface area contributed by atoms with Crippen molar-refractivity contribution in [3.8, 4) is 11.3 Å². The number of hydrogen-bond donors (Lipinski definition) is 2. The molecule has 0 unspecified atom stereocenters. The summed E-state index contributed by atoms with van der Waals surface area (Å²) in [6.45, 7) is 3.08. The van der Waals surface area contributed by atoms with E-state index in [-0.39, 0.29) is 5.82 Å². The average molecular weight is 404 g/mol. The molecule has 3 aromatic rings. The second-order valence-corrected chi connectivity index (χ2v) is 7.58. The van der Waals surface area contributed by atoms with E-state index in [1.807, 2.05) is 19.1 Å². The fourth-order valence-corrected chi connectivity index (χ4v) is 3.38. The Balaban J connectivity index is 1.24. The molecule has 8 heteroatoms. The Hall–Kier alpha value is -3.55. The van der Waals surface area contributed by atoms with Crippen LogP contribution in [0.25, 0.3) is 11.3 Å². The highest BCUT2D eigenvalue weighted by Crippen LogP contribution is 2.37. The van der Waals surface area contributed by atoms with E-state index in [1.54, 1.807) is 12.1 Å². The Morgan fingerprint density at radius 3 is 2.77 bits per heavy atom. The number of benzene rings is 1. The molecule has 0 radical (unpaired) electrons. The van der Waals surface area contributed by atoms with Crippen molar-refractivity contribution in [1.29, 1.82) is 0 Å². The molecule has 3 heterocycles. The summed E-state index contributed by atoms with van der Waals surface area (Å²) in [5.74, 6) is 3.10. The van der Waals surface area contributed by atoms with Crippen molar-refractivity contribution in [2.24, 2.45) is 10.9 Å². The molecule has 1 aliphatic carbocycles. The number of aryl methyl sites for hydroxylation is 1. The molecular formula is C22H21FN6O. The molecule has 1 aromatic carbocycles. The molecule has 0 amide bonds. The minimum absolute atomic E-state index is 0.284. The third-order valence-corrected chi connectivity index (χ3v) is 5.09. The molecule has 0 spiro atoms. The van der Waals surface area contributed by atoms with E-state index >= 15 is 0 Å². The highest BCUT2D eigenvalue weighted by atomic mass is 19.1. The lowest BCUT2D eigenvalue weighted by Crippen LogP contribution is -2.11. The molecule has 0 atom stereocenters. The van der Waals surface area contributed by atoms with Crippen molar-refractivity contribution in [2.45, 2.75) is 26.3 Å². The van der Waals surface area contributed by atoms with E-state index in [0.717, 1.165) is 29.6 Å². The molecule has 7 nitrogen and oxygen atoms in total. The number of anilines is 2. The minimum Gasteiger partial charge on any atom is -0.359 e. The van der Waals surface area contributed by atoms with Crippen molar-refractivity contribution in [3.63, 3.8) is 0 Å². The summed E-state index contributed by atoms with van der Waals surface area (Å²) in [7, 11) is 0. The number of aliphatic imine (C=N–C) groups is 1. The van der Waals surface area contributed by atoms with Crippen LogP contribution < -0.4 is 10.6 Å². The van der Waals surface area contributed by atoms with Gasteiger partial charge in [0.1, 0.15) is 23.2 Å². The van der Waals surface area contributed by atoms with Gasteiger partial charge in [0.15, 0.2) is 5.76 Å². The number of rotatable bonds is 6. The second-order valence-electron chi connectivity index (χ2n) is 7.58. The van der Waals surface area contributed by atoms with Gasteiger partial charge in [-0.1, -0.05) is 5.16 Å². The van der Waals surface area contributed by atoms with Gasteiger partial charge in [0, 0.05) is 23.4 Å². The molecule has 2 aromatic heterocycles. The van der Waals surface area contributed by atoms with Crippen LogP contribution in [0.4, 0.5) is 16.2 Å². The first kappa shape index (κ1) is 18.5. The Bertz CT molecular complexity index is 1130. The Morgan fingerprint density at radius 1 is 1.13 bits per heavy atom. The zero-order valence-corrected chi connectivity index (χ0v) is 16.5. The molecule has 2 N–H and O–H groups in total. The van der Waals surface area contributed by atoms with Crippen LogP contribution in [0.5, 0.6) is 0 Å². The SMILES string of the molecule is Cc1cc(NC2=NCC(C3CC3)=C2)nc(NCc2cc(-c3ccc(F)cc3)no2)n1. The van der Waals surface area contributed by atoms with Gasteiger partial charge in [0.05, 0.1) is 13.1 Å². The van der Waals surface area contributed by atoms with Crippen LogP contribution in [-0.2, 0) is 6.54 Å². The van der Waals surface area contributed by atoms with Crippen LogP contribution in [0, 0.1) is 18.7 Å². The van der Waals surface area contributed by atoms with E-state index in [2.05, 4.69) is 36.8 Å². The van der Waals surface area contributed by atoms with Crippen LogP contribution in [0.15, 0.2) is 57.6 Å². The number of hydrogen-bond acceptors (Lipinski definition) is 7. The molecule has 0 saturated heterocycles. The van der Waals surface area contributed by atoms with E-state index < -0.39 is 0 Å². The third-order valence-electron chi connectivity index (χ3n) is 5.09. The summed E-state index contributed by atoms with van der Waals surface area (Å²) in [5, 5.41) is 10.5. The summed E-state index contributed by atoms with van der Waals surface area (Å²) < 4.78 is 18.5. The van der Waals surface area contributed by atoms with E-state index in [1.165, 1.54) is 30.5 Å². The molecule has 2 aliphatic rings. The van der Waals surface area contributed by atoms with Gasteiger partial charge in [-0.25, -0.2) is 9.37 Å². The smallest absolute Gasteiger partial charge is 0.225 e. The third kappa shape index (κ3) is 4.22. The van der Waals surface area contributed by atoms with Gasteiger partial charge in [-0.3, -0.25) is 4.99 Å². The molecule has 30 heavy (non-hydrogen) atoms. The first-order valence-electron chi connectivity index (χ1n) is 9.95. The summed E-state index contributed by atoms with van der Waals surface area (Å²) in [6, 6.07) is 9.83. The first-order chi connectivity index (χ1) is 14.6. The second kappa shape index (κ2) is 7.70. The van der Waals surface area contributed by atoms with Crippen LogP contribution in [0.3, 0.4) is 0 Å². The lowest BCUT2D eigenvalue weighted by molar-refractivity contribution is 0.390. The highest BCUT2D eigenvalue weighted by molar-refractivity contribution is 6.05. The maximum Gasteiger partial charge on any atom is 0.225 e. The summed E-state index contributed by atoms with van der Waals surface area (Å²) >= 11 is 0. The van der Waals surface area contributed by atoms with Gasteiger partial charge < -0.3 is 15.2 Å². The van der Waals surface area contributed by atoms with Crippen molar-refractivity contribution >= 4 is 17.6 Å². The van der Waals surface area contributed by atoms with Crippen LogP contribution in [0.1, 0.15) is 24.3 Å². The summed E-state index contributed by atoms with van der Waals surface area (Å²) in [5.41, 5.74) is 3.69. The zero-order chi connectivity index (χ0) is 20.5. The lowest BCUT2D eigenvalue weighted by atomic mass is 10.1. The quantitative estimate of drug-likeness (QED) is 0.635. The van der Waals surface area contributed by atoms with Gasteiger partial charge in [-0.15, -0.1) is 0 Å². The van der Waals surface area contributed by atoms with Crippen LogP contribution in [-0.4, -0.2) is 27.5 Å². The lowest BCUT2D eigenvalue weighted by Gasteiger charge is -2.08. The van der Waals surface area contributed by atoms with Crippen molar-refractivity contribution in [3.05, 3.63) is 65.3 Å². The molecule has 1 fully saturated rings. The van der Waals surface area contributed by atoms with Crippen molar-refractivity contribution in [2.75, 3.05) is 17.2 Å². The molecule has 1 saturated carbocycles. The summed E-state index contributed by atoms with van der Waals surface area (Å²) in [6.07, 6.45) is 4.69. The zero-order valence-electron chi connectivity index (χ0n) is 16.5. The molecular weight excluding hydrogens is 383 g/mol. The van der Waals surface area contributed by atoms with Gasteiger partial charge in [0.2, 0.25) is 5.95 Å². The minimum atomic E-state index is -0.284. The summed E-state index contributed by atoms with van der Waals surface area (Å²) in [4.78, 5) is 13.5. The van der Waals surface area contributed by atoms with E-state index in [9.17, 15) is 4.39 Å². The largest absolute Gasteiger partial charge is 0.359 e. The predicted molar refractivity (Wildman–Crippen MR) is 113 cm³/mol. The van der Waals surface area contributed by atoms with Crippen LogP contribution in [0.2, 0.25) is 0 Å². The number of amidine groups is 1. The van der Waals surface area contributed by atoms with Crippen molar-refractivity contribution in [1.82, 2.24) is 15.1 Å². The first-order valence-corrected chi connectivity index (χ1v) is 9.95. The standard InChI is InChI=1S/C22H21FN6O/c1-13-8-21(27-20-9-16(11-24-20)14-2-3-14)28-22(26-13)25-12-18-10-19(29-30-18)15-4-6-17(23)7-5-15/h4-10,14H,2-3,11-12H2,1H3,(H2,24,25,26,27,28).